The third-order valence-electron chi connectivity index (χ3n) is 5.29. The lowest BCUT2D eigenvalue weighted by atomic mass is 9.73. The Balaban J connectivity index is 1.75. The van der Waals surface area contributed by atoms with Crippen LogP contribution < -0.4 is 4.74 Å². The first-order valence-corrected chi connectivity index (χ1v) is 8.93. The molecule has 4 nitrogen and oxygen atoms in total. The molecule has 3 rings (SSSR count). The van der Waals surface area contributed by atoms with Gasteiger partial charge in [0.1, 0.15) is 11.6 Å². The quantitative estimate of drug-likeness (QED) is 0.833. The Hall–Kier alpha value is -1.95. The second kappa shape index (κ2) is 8.16. The maximum absolute atomic E-state index is 13.2. The maximum atomic E-state index is 13.2. The van der Waals surface area contributed by atoms with Crippen LogP contribution in [0.15, 0.2) is 48.5 Å². The summed E-state index contributed by atoms with van der Waals surface area (Å²) in [5.41, 5.74) is 1.41. The zero-order chi connectivity index (χ0) is 18.6. The summed E-state index contributed by atoms with van der Waals surface area (Å²) in [6.45, 7) is 1.97. The van der Waals surface area contributed by atoms with Gasteiger partial charge in [-0.05, 0) is 48.2 Å². The molecule has 1 heterocycles. The van der Waals surface area contributed by atoms with Crippen molar-refractivity contribution in [1.82, 2.24) is 4.90 Å². The van der Waals surface area contributed by atoms with Crippen molar-refractivity contribution < 1.29 is 19.3 Å². The third-order valence-corrected chi connectivity index (χ3v) is 5.29. The summed E-state index contributed by atoms with van der Waals surface area (Å²) < 4.78 is 18.5. The average Bonchev–Trinajstić information content (AvgIpc) is 2.66. The van der Waals surface area contributed by atoms with Crippen LogP contribution >= 0.6 is 0 Å². The molecule has 1 aliphatic heterocycles. The largest absolute Gasteiger partial charge is 0.497 e. The molecule has 0 spiro atoms. The summed E-state index contributed by atoms with van der Waals surface area (Å²) in [4.78, 5) is 2.25. The number of rotatable bonds is 6. The topological polar surface area (TPSA) is 52.9 Å². The molecule has 1 aliphatic rings. The van der Waals surface area contributed by atoms with Crippen molar-refractivity contribution in [2.45, 2.75) is 25.5 Å². The molecule has 2 aromatic rings. The number of piperidine rings is 1. The monoisotopic (exact) mass is 359 g/mol. The summed E-state index contributed by atoms with van der Waals surface area (Å²) in [6.07, 6.45) is 0.532. The minimum absolute atomic E-state index is 0.111. The van der Waals surface area contributed by atoms with Crippen LogP contribution in [0.4, 0.5) is 4.39 Å². The van der Waals surface area contributed by atoms with E-state index in [2.05, 4.69) is 4.90 Å². The second-order valence-corrected chi connectivity index (χ2v) is 7.19. The van der Waals surface area contributed by atoms with Crippen molar-refractivity contribution in [3.05, 3.63) is 65.5 Å². The number of likely N-dealkylation sites (tertiary alicyclic amines) is 1. The van der Waals surface area contributed by atoms with Crippen LogP contribution in [-0.4, -0.2) is 48.0 Å². The van der Waals surface area contributed by atoms with Crippen LogP contribution in [0.3, 0.4) is 0 Å². The second-order valence-electron chi connectivity index (χ2n) is 7.19. The summed E-state index contributed by atoms with van der Waals surface area (Å²) in [5.74, 6) is 0.537. The Morgan fingerprint density at radius 3 is 2.65 bits per heavy atom. The van der Waals surface area contributed by atoms with Gasteiger partial charge in [-0.15, -0.1) is 0 Å². The van der Waals surface area contributed by atoms with E-state index >= 15 is 0 Å². The molecule has 26 heavy (non-hydrogen) atoms. The van der Waals surface area contributed by atoms with E-state index in [9.17, 15) is 14.6 Å². The van der Waals surface area contributed by atoms with Crippen molar-refractivity contribution in [2.75, 3.05) is 26.8 Å². The Morgan fingerprint density at radius 2 is 1.96 bits per heavy atom. The van der Waals surface area contributed by atoms with Crippen molar-refractivity contribution >= 4 is 0 Å². The predicted molar refractivity (Wildman–Crippen MR) is 98.5 cm³/mol. The first-order chi connectivity index (χ1) is 12.5. The van der Waals surface area contributed by atoms with Gasteiger partial charge in [0.05, 0.1) is 19.8 Å². The molecular formula is C21H26FNO3. The summed E-state index contributed by atoms with van der Waals surface area (Å²) in [6, 6.07) is 14.2. The fraction of sp³-hybridized carbons (Fsp3) is 0.429. The van der Waals surface area contributed by atoms with E-state index in [0.717, 1.165) is 30.0 Å². The van der Waals surface area contributed by atoms with Crippen LogP contribution in [-0.2, 0) is 13.0 Å². The first-order valence-electron chi connectivity index (χ1n) is 8.93. The van der Waals surface area contributed by atoms with Gasteiger partial charge in [-0.3, -0.25) is 4.90 Å². The molecule has 5 heteroatoms. The number of hydrogen-bond acceptors (Lipinski definition) is 4. The van der Waals surface area contributed by atoms with E-state index in [4.69, 9.17) is 4.74 Å². The molecule has 1 fully saturated rings. The fourth-order valence-electron chi connectivity index (χ4n) is 3.80. The number of halogens is 1. The zero-order valence-corrected chi connectivity index (χ0v) is 15.1. The molecule has 2 aromatic carbocycles. The number of aliphatic hydroxyl groups is 2. The number of hydrogen-bond donors (Lipinski definition) is 2. The van der Waals surface area contributed by atoms with Crippen LogP contribution in [0.5, 0.6) is 5.75 Å². The molecule has 0 aromatic heterocycles. The molecule has 0 saturated carbocycles. The Bertz CT molecular complexity index is 721. The van der Waals surface area contributed by atoms with Crippen LogP contribution in [0.25, 0.3) is 0 Å². The van der Waals surface area contributed by atoms with Gasteiger partial charge in [0.25, 0.3) is 0 Å². The summed E-state index contributed by atoms with van der Waals surface area (Å²) >= 11 is 0. The molecular weight excluding hydrogens is 333 g/mol. The highest BCUT2D eigenvalue weighted by atomic mass is 19.1. The van der Waals surface area contributed by atoms with Crippen LogP contribution in [0.2, 0.25) is 0 Å². The lowest BCUT2D eigenvalue weighted by Gasteiger charge is -2.45. The molecule has 0 amide bonds. The highest BCUT2D eigenvalue weighted by Gasteiger charge is 2.42. The van der Waals surface area contributed by atoms with Gasteiger partial charge < -0.3 is 14.9 Å². The van der Waals surface area contributed by atoms with E-state index in [1.807, 2.05) is 24.3 Å². The molecule has 140 valence electrons. The number of nitrogens with zero attached hydrogens (tertiary/aromatic N) is 1. The fourth-order valence-corrected chi connectivity index (χ4v) is 3.80. The zero-order valence-electron chi connectivity index (χ0n) is 15.1. The van der Waals surface area contributed by atoms with E-state index in [1.165, 1.54) is 12.1 Å². The number of ether oxygens (including phenoxy) is 1. The summed E-state index contributed by atoms with van der Waals surface area (Å²) in [5, 5.41) is 20.7. The van der Waals surface area contributed by atoms with Crippen LogP contribution in [0.1, 0.15) is 17.5 Å². The standard InChI is InChI=1S/C21H26FNO3/c1-26-19-4-2-3-17(11-19)13-23-10-9-20(25)21(14-23,15-24)12-16-5-7-18(22)8-6-16/h2-8,11,20,24-25H,9-10,12-15H2,1H3/t20-,21-/m0/s1. The molecule has 0 aliphatic carbocycles. The highest BCUT2D eigenvalue weighted by Crippen LogP contribution is 2.34. The number of methoxy groups -OCH3 is 1. The maximum Gasteiger partial charge on any atom is 0.123 e. The average molecular weight is 359 g/mol. The Labute approximate surface area is 153 Å². The van der Waals surface area contributed by atoms with E-state index < -0.39 is 11.5 Å². The SMILES string of the molecule is COc1cccc(CN2CC[C@H](O)[C@@](CO)(Cc3ccc(F)cc3)C2)c1. The van der Waals surface area contributed by atoms with E-state index in [0.29, 0.717) is 19.4 Å². The van der Waals surface area contributed by atoms with E-state index in [1.54, 1.807) is 19.2 Å². The van der Waals surface area contributed by atoms with E-state index in [-0.39, 0.29) is 12.4 Å². The van der Waals surface area contributed by atoms with Gasteiger partial charge in [-0.2, -0.15) is 0 Å². The first kappa shape index (κ1) is 18.8. The third kappa shape index (κ3) is 4.23. The van der Waals surface area contributed by atoms with Gasteiger partial charge in [0.15, 0.2) is 0 Å². The van der Waals surface area contributed by atoms with Gasteiger partial charge in [-0.1, -0.05) is 24.3 Å². The lowest BCUT2D eigenvalue weighted by molar-refractivity contribution is -0.0768. The minimum atomic E-state index is -0.644. The normalized spacial score (nSPS) is 23.8. The van der Waals surface area contributed by atoms with Gasteiger partial charge >= 0.3 is 0 Å². The number of aliphatic hydroxyl groups excluding tert-OH is 2. The highest BCUT2D eigenvalue weighted by molar-refractivity contribution is 5.28. The molecule has 0 unspecified atom stereocenters. The van der Waals surface area contributed by atoms with Crippen molar-refractivity contribution in [1.29, 1.82) is 0 Å². The smallest absolute Gasteiger partial charge is 0.123 e. The summed E-state index contributed by atoms with van der Waals surface area (Å²) in [7, 11) is 1.65. The molecule has 0 radical (unpaired) electrons. The van der Waals surface area contributed by atoms with Crippen molar-refractivity contribution in [2.24, 2.45) is 5.41 Å². The minimum Gasteiger partial charge on any atom is -0.497 e. The number of benzene rings is 2. The molecule has 0 bridgehead atoms. The van der Waals surface area contributed by atoms with Gasteiger partial charge in [0, 0.05) is 25.0 Å². The lowest BCUT2D eigenvalue weighted by Crippen LogP contribution is -2.54. The molecule has 2 atom stereocenters. The molecule has 2 N–H and O–H groups in total. The predicted octanol–water partition coefficient (Wildman–Crippen LogP) is 2.62. The molecule has 1 saturated heterocycles. The van der Waals surface area contributed by atoms with Gasteiger partial charge in [-0.25, -0.2) is 4.39 Å². The van der Waals surface area contributed by atoms with Gasteiger partial charge in [0.2, 0.25) is 0 Å². The Morgan fingerprint density at radius 1 is 1.19 bits per heavy atom. The van der Waals surface area contributed by atoms with Crippen molar-refractivity contribution in [3.63, 3.8) is 0 Å². The Kier molecular flexibility index (Phi) is 5.91. The van der Waals surface area contributed by atoms with Crippen molar-refractivity contribution in [3.8, 4) is 5.75 Å². The van der Waals surface area contributed by atoms with Crippen LogP contribution in [0, 0.1) is 11.2 Å².